The minimum atomic E-state index is -0.251. The number of anilines is 1. The Balaban J connectivity index is 1.35. The largest absolute Gasteiger partial charge is 0.490 e. The van der Waals surface area contributed by atoms with Gasteiger partial charge in [0, 0.05) is 50.1 Å². The maximum atomic E-state index is 12.7. The van der Waals surface area contributed by atoms with Gasteiger partial charge in [0.1, 0.15) is 11.9 Å². The molecule has 0 bridgehead atoms. The number of aromatic nitrogens is 1. The summed E-state index contributed by atoms with van der Waals surface area (Å²) in [5, 5.41) is 3.01. The highest BCUT2D eigenvalue weighted by Gasteiger charge is 2.25. The number of carbonyl (C=O) groups is 2. The molecule has 1 aliphatic heterocycles. The maximum absolute atomic E-state index is 12.7. The first-order valence-electron chi connectivity index (χ1n) is 11.3. The van der Waals surface area contributed by atoms with E-state index in [4.69, 9.17) is 4.74 Å². The van der Waals surface area contributed by atoms with Gasteiger partial charge in [0.25, 0.3) is 5.91 Å². The highest BCUT2D eigenvalue weighted by Crippen LogP contribution is 2.27. The zero-order valence-electron chi connectivity index (χ0n) is 19.0. The molecule has 2 amide bonds. The topological polar surface area (TPSA) is 71.5 Å². The zero-order chi connectivity index (χ0) is 23.2. The summed E-state index contributed by atoms with van der Waals surface area (Å²) in [5.41, 5.74) is 3.32. The van der Waals surface area contributed by atoms with E-state index in [-0.39, 0.29) is 23.8 Å². The predicted molar refractivity (Wildman–Crippen MR) is 128 cm³/mol. The lowest BCUT2D eigenvalue weighted by atomic mass is 10.0. The molecule has 1 aromatic heterocycles. The highest BCUT2D eigenvalue weighted by atomic mass is 16.5. The zero-order valence-corrected chi connectivity index (χ0v) is 19.0. The molecule has 6 nitrogen and oxygen atoms in total. The van der Waals surface area contributed by atoms with Gasteiger partial charge in [0.05, 0.1) is 11.5 Å². The van der Waals surface area contributed by atoms with E-state index in [1.807, 2.05) is 67.3 Å². The molecular weight excluding hydrogens is 414 g/mol. The average molecular weight is 444 g/mol. The van der Waals surface area contributed by atoms with E-state index >= 15 is 0 Å². The van der Waals surface area contributed by atoms with Crippen LogP contribution in [0, 0.1) is 6.92 Å². The third-order valence-corrected chi connectivity index (χ3v) is 6.08. The second-order valence-electron chi connectivity index (χ2n) is 8.45. The quantitative estimate of drug-likeness (QED) is 0.593. The molecule has 0 aliphatic carbocycles. The Labute approximate surface area is 194 Å². The van der Waals surface area contributed by atoms with Crippen molar-refractivity contribution in [2.75, 3.05) is 18.4 Å². The second-order valence-corrected chi connectivity index (χ2v) is 8.45. The number of piperidine rings is 1. The van der Waals surface area contributed by atoms with Gasteiger partial charge in [0.15, 0.2) is 0 Å². The number of hydrogen-bond acceptors (Lipinski definition) is 4. The molecule has 3 aromatic rings. The lowest BCUT2D eigenvalue weighted by Crippen LogP contribution is -2.41. The van der Waals surface area contributed by atoms with Crippen LogP contribution in [-0.2, 0) is 4.79 Å². The van der Waals surface area contributed by atoms with Crippen molar-refractivity contribution in [3.05, 3.63) is 89.7 Å². The Morgan fingerprint density at radius 3 is 2.52 bits per heavy atom. The Hall–Kier alpha value is -3.67. The summed E-state index contributed by atoms with van der Waals surface area (Å²) in [6, 6.07) is 19.0. The molecule has 0 unspecified atom stereocenters. The van der Waals surface area contributed by atoms with Crippen LogP contribution in [0.4, 0.5) is 5.69 Å². The van der Waals surface area contributed by atoms with E-state index in [1.54, 1.807) is 24.5 Å². The molecule has 1 atom stereocenters. The molecular formula is C27H29N3O3. The van der Waals surface area contributed by atoms with Crippen LogP contribution in [0.15, 0.2) is 73.1 Å². The Bertz CT molecular complexity index is 1090. The van der Waals surface area contributed by atoms with E-state index in [9.17, 15) is 9.59 Å². The normalized spacial score (nSPS) is 15.0. The van der Waals surface area contributed by atoms with Crippen LogP contribution in [0.5, 0.6) is 5.75 Å². The van der Waals surface area contributed by atoms with E-state index in [0.29, 0.717) is 24.3 Å². The number of pyridine rings is 1. The Morgan fingerprint density at radius 2 is 1.82 bits per heavy atom. The number of amides is 2. The highest BCUT2D eigenvalue weighted by molar-refractivity contribution is 5.96. The molecule has 4 rings (SSSR count). The summed E-state index contributed by atoms with van der Waals surface area (Å²) in [6.45, 7) is 5.18. The number of nitrogens with one attached hydrogen (secondary N) is 1. The minimum absolute atomic E-state index is 0.00924. The van der Waals surface area contributed by atoms with Crippen molar-refractivity contribution >= 4 is 17.5 Å². The number of ether oxygens (including phenoxy) is 1. The van der Waals surface area contributed by atoms with Gasteiger partial charge in [-0.1, -0.05) is 36.4 Å². The molecule has 2 aromatic carbocycles. The van der Waals surface area contributed by atoms with E-state index in [2.05, 4.69) is 10.3 Å². The molecule has 2 heterocycles. The number of aryl methyl sites for hydroxylation is 1. The average Bonchev–Trinajstić information content (AvgIpc) is 2.86. The molecule has 0 spiro atoms. The molecule has 0 radical (unpaired) electrons. The van der Waals surface area contributed by atoms with Crippen LogP contribution in [0.3, 0.4) is 0 Å². The van der Waals surface area contributed by atoms with Crippen LogP contribution in [-0.4, -0.2) is 40.9 Å². The van der Waals surface area contributed by atoms with E-state index in [1.165, 1.54) is 0 Å². The SMILES string of the molecule is Cc1ccc(NC(=O)[C@H](C)c2ccccc2)cc1OC1CCN(C(=O)c2cccnc2)CC1. The van der Waals surface area contributed by atoms with Gasteiger partial charge in [-0.25, -0.2) is 0 Å². The molecule has 170 valence electrons. The summed E-state index contributed by atoms with van der Waals surface area (Å²) in [5.74, 6) is 0.462. The fourth-order valence-corrected chi connectivity index (χ4v) is 3.98. The van der Waals surface area contributed by atoms with E-state index < -0.39 is 0 Å². The van der Waals surface area contributed by atoms with Crippen molar-refractivity contribution in [3.63, 3.8) is 0 Å². The smallest absolute Gasteiger partial charge is 0.255 e. The number of nitrogens with zero attached hydrogens (tertiary/aromatic N) is 2. The van der Waals surface area contributed by atoms with E-state index in [0.717, 1.165) is 29.7 Å². The lowest BCUT2D eigenvalue weighted by molar-refractivity contribution is -0.117. The number of likely N-dealkylation sites (tertiary alicyclic amines) is 1. The van der Waals surface area contributed by atoms with Gasteiger partial charge in [-0.05, 0) is 43.2 Å². The molecule has 0 saturated carbocycles. The van der Waals surface area contributed by atoms with Crippen molar-refractivity contribution in [2.24, 2.45) is 0 Å². The third kappa shape index (κ3) is 5.58. The van der Waals surface area contributed by atoms with Crippen molar-refractivity contribution in [1.82, 2.24) is 9.88 Å². The van der Waals surface area contributed by atoms with Gasteiger partial charge < -0.3 is 15.0 Å². The van der Waals surface area contributed by atoms with Crippen LogP contribution in [0.25, 0.3) is 0 Å². The van der Waals surface area contributed by atoms with Crippen molar-refractivity contribution in [1.29, 1.82) is 0 Å². The number of hydrogen-bond donors (Lipinski definition) is 1. The Kier molecular flexibility index (Phi) is 7.03. The first-order valence-corrected chi connectivity index (χ1v) is 11.3. The second kappa shape index (κ2) is 10.3. The number of benzene rings is 2. The van der Waals surface area contributed by atoms with Gasteiger partial charge in [-0.15, -0.1) is 0 Å². The first-order chi connectivity index (χ1) is 16.0. The number of carbonyl (C=O) groups excluding carboxylic acids is 2. The lowest BCUT2D eigenvalue weighted by Gasteiger charge is -2.32. The van der Waals surface area contributed by atoms with Gasteiger partial charge >= 0.3 is 0 Å². The predicted octanol–water partition coefficient (Wildman–Crippen LogP) is 4.82. The van der Waals surface area contributed by atoms with Gasteiger partial charge in [-0.2, -0.15) is 0 Å². The number of rotatable bonds is 6. The molecule has 6 heteroatoms. The van der Waals surface area contributed by atoms with Crippen LogP contribution < -0.4 is 10.1 Å². The standard InChI is InChI=1S/C27H29N3O3/c1-19-10-11-23(29-26(31)20(2)21-7-4-3-5-8-21)17-25(19)33-24-12-15-30(16-13-24)27(32)22-9-6-14-28-18-22/h3-11,14,17-18,20,24H,12-13,15-16H2,1-2H3,(H,29,31)/t20-/m1/s1. The van der Waals surface area contributed by atoms with Crippen LogP contribution >= 0.6 is 0 Å². The van der Waals surface area contributed by atoms with Crippen molar-refractivity contribution < 1.29 is 14.3 Å². The summed E-state index contributed by atoms with van der Waals surface area (Å²) in [7, 11) is 0. The van der Waals surface area contributed by atoms with Crippen LogP contribution in [0.2, 0.25) is 0 Å². The van der Waals surface area contributed by atoms with Crippen molar-refractivity contribution in [2.45, 2.75) is 38.7 Å². The fraction of sp³-hybridized carbons (Fsp3) is 0.296. The van der Waals surface area contributed by atoms with Crippen LogP contribution in [0.1, 0.15) is 47.2 Å². The fourth-order valence-electron chi connectivity index (χ4n) is 3.98. The monoisotopic (exact) mass is 443 g/mol. The summed E-state index contributed by atoms with van der Waals surface area (Å²) < 4.78 is 6.29. The first kappa shape index (κ1) is 22.5. The Morgan fingerprint density at radius 1 is 1.06 bits per heavy atom. The summed E-state index contributed by atoms with van der Waals surface area (Å²) in [4.78, 5) is 31.2. The third-order valence-electron chi connectivity index (χ3n) is 6.08. The minimum Gasteiger partial charge on any atom is -0.490 e. The molecule has 33 heavy (non-hydrogen) atoms. The maximum Gasteiger partial charge on any atom is 0.255 e. The molecule has 1 N–H and O–H groups in total. The molecule has 1 saturated heterocycles. The molecule has 1 aliphatic rings. The summed E-state index contributed by atoms with van der Waals surface area (Å²) in [6.07, 6.45) is 4.81. The van der Waals surface area contributed by atoms with Crippen molar-refractivity contribution in [3.8, 4) is 5.75 Å². The van der Waals surface area contributed by atoms with Gasteiger partial charge in [-0.3, -0.25) is 14.6 Å². The molecule has 1 fully saturated rings. The van der Waals surface area contributed by atoms with Gasteiger partial charge in [0.2, 0.25) is 5.91 Å². The summed E-state index contributed by atoms with van der Waals surface area (Å²) >= 11 is 0.